The molecule has 2 fully saturated rings. The van der Waals surface area contributed by atoms with Crippen molar-refractivity contribution in [2.45, 2.75) is 95.8 Å². The smallest absolute Gasteiger partial charge is 0.407 e. The molecule has 2 heterocycles. The molecule has 3 amide bonds. The van der Waals surface area contributed by atoms with Crippen molar-refractivity contribution in [1.29, 1.82) is 0 Å². The summed E-state index contributed by atoms with van der Waals surface area (Å²) in [5.41, 5.74) is 1.26. The number of nitrogens with one attached hydrogen (secondary N) is 2. The van der Waals surface area contributed by atoms with Gasteiger partial charge in [0.15, 0.2) is 0 Å². The van der Waals surface area contributed by atoms with Crippen molar-refractivity contribution in [2.24, 2.45) is 5.92 Å². The largest absolute Gasteiger partial charge is 0.495 e. The van der Waals surface area contributed by atoms with Crippen LogP contribution >= 0.6 is 33.2 Å². The fourth-order valence-electron chi connectivity index (χ4n) is 5.83. The molecule has 1 aromatic rings. The fraction of sp³-hybridized carbons (Fsp3) is 0.600. The van der Waals surface area contributed by atoms with Crippen LogP contribution in [0, 0.1) is 5.92 Å². The quantitative estimate of drug-likeness (QED) is 0.0631. The highest BCUT2D eigenvalue weighted by molar-refractivity contribution is 8.76. The Morgan fingerprint density at radius 3 is 2.69 bits per heavy atom. The molecule has 0 spiro atoms. The van der Waals surface area contributed by atoms with Crippen LogP contribution in [-0.4, -0.2) is 98.0 Å². The van der Waals surface area contributed by atoms with Crippen LogP contribution in [-0.2, 0) is 35.0 Å². The van der Waals surface area contributed by atoms with Crippen LogP contribution in [0.1, 0.15) is 58.9 Å². The lowest BCUT2D eigenvalue weighted by Crippen LogP contribution is -2.49. The summed E-state index contributed by atoms with van der Waals surface area (Å²) < 4.78 is 23.0. The average molecular weight is 740 g/mol. The lowest BCUT2D eigenvalue weighted by atomic mass is 9.85. The van der Waals surface area contributed by atoms with Crippen LogP contribution in [0.3, 0.4) is 0 Å². The van der Waals surface area contributed by atoms with Gasteiger partial charge in [0.2, 0.25) is 11.8 Å². The van der Waals surface area contributed by atoms with Crippen LogP contribution in [0.4, 0.5) is 4.79 Å². The molecule has 2 saturated heterocycles. The summed E-state index contributed by atoms with van der Waals surface area (Å²) in [6.07, 6.45) is 7.77. The maximum absolute atomic E-state index is 13.2. The average Bonchev–Trinajstić information content (AvgIpc) is 3.77. The lowest BCUT2D eigenvalue weighted by Gasteiger charge is -2.33. The zero-order valence-electron chi connectivity index (χ0n) is 29.6. The molecule has 1 aromatic carbocycles. The first-order valence-corrected chi connectivity index (χ1v) is 19.5. The number of rotatable bonds is 18. The first-order chi connectivity index (χ1) is 23.2. The van der Waals surface area contributed by atoms with Crippen molar-refractivity contribution in [3.05, 3.63) is 52.6 Å². The topological polar surface area (TPSA) is 136 Å². The minimum atomic E-state index is -0.984. The number of epoxide rings is 1. The van der Waals surface area contributed by atoms with Crippen molar-refractivity contribution in [3.8, 4) is 5.75 Å². The van der Waals surface area contributed by atoms with E-state index in [2.05, 4.69) is 10.6 Å². The minimum Gasteiger partial charge on any atom is -0.495 e. The minimum absolute atomic E-state index is 0.116. The van der Waals surface area contributed by atoms with Crippen molar-refractivity contribution in [3.63, 3.8) is 0 Å². The highest BCUT2D eigenvalue weighted by Crippen LogP contribution is 2.48. The van der Waals surface area contributed by atoms with Gasteiger partial charge in [0, 0.05) is 44.6 Å². The van der Waals surface area contributed by atoms with Gasteiger partial charge in [-0.3, -0.25) is 9.59 Å². The Morgan fingerprint density at radius 2 is 2.02 bits per heavy atom. The Hall–Kier alpha value is -2.87. The standard InChI is InChI=1S/C35H50ClN3O8S2/c1-21(17-24-13-14-26(36)28(18-24)44-7)11-9-10-12-25-19-27(45-34(43)38-25)22(2)32-35(4,47-32)29(20-30(40)37-5)46-33(42)23(3)39(6)31(41)15-16-49-48-8/h9-11,13-14,18,22-23,25,27,29,32H,12,15-17,19-20H2,1-8H3,(H,37,40)(H,38,43)/b10-9+,21-11+/t22-,23?,25?,27?,29+,32?,35?/m1/s1. The van der Waals surface area contributed by atoms with Gasteiger partial charge in [-0.25, -0.2) is 9.59 Å². The summed E-state index contributed by atoms with van der Waals surface area (Å²) in [5, 5.41) is 6.06. The number of halogens is 1. The number of likely N-dealkylation sites (N-methyl/N-ethyl adjacent to an activating group) is 1. The van der Waals surface area contributed by atoms with E-state index in [9.17, 15) is 19.2 Å². The molecular formula is C35H50ClN3O8S2. The molecule has 49 heavy (non-hydrogen) atoms. The molecule has 0 aromatic heterocycles. The van der Waals surface area contributed by atoms with E-state index < -0.39 is 42.0 Å². The Balaban J connectivity index is 1.60. The second-order valence-corrected chi connectivity index (χ2v) is 15.7. The van der Waals surface area contributed by atoms with E-state index in [-0.39, 0.29) is 30.2 Å². The fourth-order valence-corrected chi connectivity index (χ4v) is 7.20. The SMILES string of the molecule is CNC(=O)C[C@H](OC(=O)C(C)N(C)C(=O)CCSSC)C1(C)OC1[C@H](C)C1CC(C/C=C/C=C(\C)Cc2ccc(Cl)c(OC)c2)NC(=O)O1. The summed E-state index contributed by atoms with van der Waals surface area (Å²) in [5.74, 6) is -0.0805. The number of ether oxygens (including phenoxy) is 4. The number of benzene rings is 1. The van der Waals surface area contributed by atoms with Gasteiger partial charge in [-0.2, -0.15) is 0 Å². The first kappa shape index (κ1) is 40.6. The van der Waals surface area contributed by atoms with Crippen LogP contribution < -0.4 is 15.4 Å². The molecule has 272 valence electrons. The van der Waals surface area contributed by atoms with Crippen molar-refractivity contribution < 1.29 is 38.1 Å². The molecule has 3 rings (SSSR count). The number of hydrogen-bond donors (Lipinski definition) is 2. The number of esters is 1. The Bertz CT molecular complexity index is 1390. The predicted molar refractivity (Wildman–Crippen MR) is 195 cm³/mol. The summed E-state index contributed by atoms with van der Waals surface area (Å²) in [7, 11) is 7.82. The molecule has 5 unspecified atom stereocenters. The molecular weight excluding hydrogens is 690 g/mol. The van der Waals surface area contributed by atoms with Gasteiger partial charge in [0.05, 0.1) is 24.7 Å². The molecule has 0 radical (unpaired) electrons. The second kappa shape index (κ2) is 18.9. The zero-order valence-corrected chi connectivity index (χ0v) is 32.0. The monoisotopic (exact) mass is 739 g/mol. The predicted octanol–water partition coefficient (Wildman–Crippen LogP) is 5.74. The number of carbonyl (C=O) groups excluding carboxylic acids is 4. The Labute approximate surface area is 303 Å². The summed E-state index contributed by atoms with van der Waals surface area (Å²) >= 11 is 6.14. The maximum atomic E-state index is 13.2. The molecule has 14 heteroatoms. The van der Waals surface area contributed by atoms with Gasteiger partial charge in [0.25, 0.3) is 0 Å². The number of methoxy groups -OCH3 is 1. The van der Waals surface area contributed by atoms with Crippen LogP contribution in [0.15, 0.2) is 42.0 Å². The summed E-state index contributed by atoms with van der Waals surface area (Å²) in [4.78, 5) is 52.2. The van der Waals surface area contributed by atoms with Crippen LogP contribution in [0.25, 0.3) is 0 Å². The number of amides is 3. The van der Waals surface area contributed by atoms with Crippen molar-refractivity contribution >= 4 is 57.1 Å². The molecule has 7 atom stereocenters. The van der Waals surface area contributed by atoms with Gasteiger partial charge in [-0.05, 0) is 57.6 Å². The van der Waals surface area contributed by atoms with Crippen molar-refractivity contribution in [2.75, 3.05) is 33.2 Å². The van der Waals surface area contributed by atoms with Gasteiger partial charge < -0.3 is 34.5 Å². The highest BCUT2D eigenvalue weighted by atomic mass is 35.5. The van der Waals surface area contributed by atoms with E-state index in [1.54, 1.807) is 49.6 Å². The number of nitrogens with zero attached hydrogens (tertiary/aromatic N) is 1. The Kier molecular flexibility index (Phi) is 15.7. The maximum Gasteiger partial charge on any atom is 0.407 e. The molecule has 11 nitrogen and oxygen atoms in total. The number of alkyl carbamates (subject to hydrolysis) is 1. The second-order valence-electron chi connectivity index (χ2n) is 12.6. The Morgan fingerprint density at radius 1 is 1.29 bits per heavy atom. The molecule has 2 N–H and O–H groups in total. The van der Waals surface area contributed by atoms with Gasteiger partial charge in [-0.15, -0.1) is 0 Å². The number of allylic oxidation sites excluding steroid dienone is 3. The molecule has 2 aliphatic rings. The summed E-state index contributed by atoms with van der Waals surface area (Å²) in [6, 6.07) is 4.73. The third-order valence-corrected chi connectivity index (χ3v) is 11.2. The van der Waals surface area contributed by atoms with E-state index in [4.69, 9.17) is 30.5 Å². The number of hydrogen-bond acceptors (Lipinski definition) is 10. The summed E-state index contributed by atoms with van der Waals surface area (Å²) in [6.45, 7) is 7.38. The molecule has 0 bridgehead atoms. The van der Waals surface area contributed by atoms with Crippen molar-refractivity contribution in [1.82, 2.24) is 15.5 Å². The number of carbonyl (C=O) groups is 4. The first-order valence-electron chi connectivity index (χ1n) is 16.4. The van der Waals surface area contributed by atoms with E-state index in [1.165, 1.54) is 11.9 Å². The molecule has 0 saturated carbocycles. The third kappa shape index (κ3) is 11.6. The van der Waals surface area contributed by atoms with E-state index in [1.807, 2.05) is 56.5 Å². The third-order valence-electron chi connectivity index (χ3n) is 9.07. The van der Waals surface area contributed by atoms with E-state index >= 15 is 0 Å². The zero-order chi connectivity index (χ0) is 36.3. The highest BCUT2D eigenvalue weighted by Gasteiger charge is 2.63. The lowest BCUT2D eigenvalue weighted by molar-refractivity contribution is -0.162. The normalized spacial score (nSPS) is 23.9. The van der Waals surface area contributed by atoms with Gasteiger partial charge >= 0.3 is 12.1 Å². The molecule has 2 aliphatic heterocycles. The van der Waals surface area contributed by atoms with Crippen LogP contribution in [0.2, 0.25) is 5.02 Å². The van der Waals surface area contributed by atoms with E-state index in [0.717, 1.165) is 17.6 Å². The number of cyclic esters (lactones) is 1. The van der Waals surface area contributed by atoms with Gasteiger partial charge in [0.1, 0.15) is 29.6 Å². The van der Waals surface area contributed by atoms with Crippen LogP contribution in [0.5, 0.6) is 5.75 Å². The van der Waals surface area contributed by atoms with Gasteiger partial charge in [-0.1, -0.05) is 70.0 Å². The van der Waals surface area contributed by atoms with E-state index in [0.29, 0.717) is 35.8 Å². The molecule has 0 aliphatic carbocycles.